The standard InChI is InChI=1S/C23H28N2O3/c1-15-4-13-21(16(2)14-15)25-23(27)18-7-5-17(6-8-18)22(26)24-19-9-11-20(28-3)12-10-19/h4,9-14,17-18H,5-8H2,1-3H3,(H,24,26)(H,25,27). The van der Waals surface area contributed by atoms with E-state index in [4.69, 9.17) is 4.74 Å². The molecule has 0 aromatic heterocycles. The van der Waals surface area contributed by atoms with Gasteiger partial charge in [-0.05, 0) is 75.4 Å². The topological polar surface area (TPSA) is 67.4 Å². The number of ether oxygens (including phenoxy) is 1. The first kappa shape index (κ1) is 19.9. The Hall–Kier alpha value is -2.82. The number of amides is 2. The van der Waals surface area contributed by atoms with E-state index in [1.165, 1.54) is 5.56 Å². The van der Waals surface area contributed by atoms with Crippen molar-refractivity contribution in [1.82, 2.24) is 0 Å². The molecule has 2 aromatic carbocycles. The minimum Gasteiger partial charge on any atom is -0.497 e. The number of carbonyl (C=O) groups is 2. The second kappa shape index (κ2) is 8.91. The molecule has 1 aliphatic carbocycles. The van der Waals surface area contributed by atoms with Gasteiger partial charge < -0.3 is 15.4 Å². The highest BCUT2D eigenvalue weighted by atomic mass is 16.5. The van der Waals surface area contributed by atoms with E-state index in [1.807, 2.05) is 50.2 Å². The van der Waals surface area contributed by atoms with Crippen molar-refractivity contribution in [2.75, 3.05) is 17.7 Å². The molecule has 0 atom stereocenters. The number of anilines is 2. The molecule has 0 unspecified atom stereocenters. The molecule has 2 N–H and O–H groups in total. The zero-order valence-corrected chi connectivity index (χ0v) is 16.7. The Morgan fingerprint density at radius 3 is 1.96 bits per heavy atom. The van der Waals surface area contributed by atoms with Crippen molar-refractivity contribution in [3.8, 4) is 5.75 Å². The maximum absolute atomic E-state index is 12.6. The third kappa shape index (κ3) is 4.91. The molecule has 0 aliphatic heterocycles. The van der Waals surface area contributed by atoms with Gasteiger partial charge in [0.05, 0.1) is 7.11 Å². The average molecular weight is 380 g/mol. The molecular weight excluding hydrogens is 352 g/mol. The van der Waals surface area contributed by atoms with Gasteiger partial charge in [-0.2, -0.15) is 0 Å². The summed E-state index contributed by atoms with van der Waals surface area (Å²) in [5, 5.41) is 6.02. The van der Waals surface area contributed by atoms with E-state index in [0.29, 0.717) is 0 Å². The van der Waals surface area contributed by atoms with Gasteiger partial charge in [-0.15, -0.1) is 0 Å². The molecular formula is C23H28N2O3. The number of rotatable bonds is 5. The van der Waals surface area contributed by atoms with Crippen LogP contribution >= 0.6 is 0 Å². The predicted octanol–water partition coefficient (Wildman–Crippen LogP) is 4.70. The van der Waals surface area contributed by atoms with Crippen LogP contribution in [0, 0.1) is 25.7 Å². The minimum absolute atomic E-state index is 0.0263. The van der Waals surface area contributed by atoms with Crippen molar-refractivity contribution in [2.24, 2.45) is 11.8 Å². The lowest BCUT2D eigenvalue weighted by molar-refractivity contribution is -0.125. The van der Waals surface area contributed by atoms with Crippen LogP contribution in [0.1, 0.15) is 36.8 Å². The van der Waals surface area contributed by atoms with Crippen LogP contribution < -0.4 is 15.4 Å². The van der Waals surface area contributed by atoms with E-state index < -0.39 is 0 Å². The average Bonchev–Trinajstić information content (AvgIpc) is 2.70. The molecule has 0 radical (unpaired) electrons. The number of benzene rings is 2. The fourth-order valence-electron chi connectivity index (χ4n) is 3.73. The van der Waals surface area contributed by atoms with Gasteiger partial charge in [-0.1, -0.05) is 17.7 Å². The van der Waals surface area contributed by atoms with Gasteiger partial charge >= 0.3 is 0 Å². The summed E-state index contributed by atoms with van der Waals surface area (Å²) in [6.07, 6.45) is 2.93. The summed E-state index contributed by atoms with van der Waals surface area (Å²) in [6, 6.07) is 13.3. The Morgan fingerprint density at radius 2 is 1.43 bits per heavy atom. The van der Waals surface area contributed by atoms with Crippen molar-refractivity contribution < 1.29 is 14.3 Å². The molecule has 0 bridgehead atoms. The van der Waals surface area contributed by atoms with Crippen molar-refractivity contribution in [1.29, 1.82) is 0 Å². The zero-order chi connectivity index (χ0) is 20.1. The summed E-state index contributed by atoms with van der Waals surface area (Å²) in [5.41, 5.74) is 3.88. The van der Waals surface area contributed by atoms with Gasteiger partial charge in [0, 0.05) is 23.2 Å². The molecule has 5 heteroatoms. The van der Waals surface area contributed by atoms with E-state index in [9.17, 15) is 9.59 Å². The highest BCUT2D eigenvalue weighted by molar-refractivity contribution is 5.95. The summed E-state index contributed by atoms with van der Waals surface area (Å²) in [4.78, 5) is 25.1. The van der Waals surface area contributed by atoms with Crippen molar-refractivity contribution in [2.45, 2.75) is 39.5 Å². The molecule has 1 aliphatic rings. The Bertz CT molecular complexity index is 837. The van der Waals surface area contributed by atoms with Crippen LogP contribution in [-0.2, 0) is 9.59 Å². The molecule has 148 valence electrons. The number of hydrogen-bond acceptors (Lipinski definition) is 3. The van der Waals surface area contributed by atoms with Gasteiger partial charge in [0.15, 0.2) is 0 Å². The monoisotopic (exact) mass is 380 g/mol. The van der Waals surface area contributed by atoms with Gasteiger partial charge in [0.1, 0.15) is 5.75 Å². The number of carbonyl (C=O) groups excluding carboxylic acids is 2. The Balaban J connectivity index is 1.50. The van der Waals surface area contributed by atoms with Gasteiger partial charge in [0.25, 0.3) is 0 Å². The lowest BCUT2D eigenvalue weighted by Crippen LogP contribution is -2.32. The smallest absolute Gasteiger partial charge is 0.227 e. The highest BCUT2D eigenvalue weighted by Crippen LogP contribution is 2.31. The van der Waals surface area contributed by atoms with Gasteiger partial charge in [-0.3, -0.25) is 9.59 Å². The lowest BCUT2D eigenvalue weighted by Gasteiger charge is -2.27. The molecule has 5 nitrogen and oxygen atoms in total. The molecule has 2 amide bonds. The summed E-state index contributed by atoms with van der Waals surface area (Å²) in [5.74, 6) is 0.755. The summed E-state index contributed by atoms with van der Waals surface area (Å²) < 4.78 is 5.13. The first-order valence-electron chi connectivity index (χ1n) is 9.79. The Labute approximate surface area is 166 Å². The van der Waals surface area contributed by atoms with E-state index in [2.05, 4.69) is 16.7 Å². The fourth-order valence-corrected chi connectivity index (χ4v) is 3.73. The van der Waals surface area contributed by atoms with Crippen molar-refractivity contribution >= 4 is 23.2 Å². The van der Waals surface area contributed by atoms with Crippen molar-refractivity contribution in [3.63, 3.8) is 0 Å². The predicted molar refractivity (Wildman–Crippen MR) is 112 cm³/mol. The van der Waals surface area contributed by atoms with Crippen LogP contribution in [0.2, 0.25) is 0 Å². The number of hydrogen-bond donors (Lipinski definition) is 2. The highest BCUT2D eigenvalue weighted by Gasteiger charge is 2.30. The Morgan fingerprint density at radius 1 is 0.857 bits per heavy atom. The summed E-state index contributed by atoms with van der Waals surface area (Å²) in [7, 11) is 1.61. The minimum atomic E-state index is -0.0488. The fraction of sp³-hybridized carbons (Fsp3) is 0.391. The third-order valence-electron chi connectivity index (χ3n) is 5.47. The number of nitrogens with one attached hydrogen (secondary N) is 2. The molecule has 0 saturated heterocycles. The SMILES string of the molecule is COc1ccc(NC(=O)C2CCC(C(=O)Nc3ccc(C)cc3C)CC2)cc1. The quantitative estimate of drug-likeness (QED) is 0.790. The van der Waals surface area contributed by atoms with Crippen LogP contribution in [0.3, 0.4) is 0 Å². The number of methoxy groups -OCH3 is 1. The molecule has 0 heterocycles. The van der Waals surface area contributed by atoms with Gasteiger partial charge in [-0.25, -0.2) is 0 Å². The van der Waals surface area contributed by atoms with E-state index in [-0.39, 0.29) is 23.7 Å². The normalized spacial score (nSPS) is 19.0. The molecule has 3 rings (SSSR count). The van der Waals surface area contributed by atoms with Crippen LogP contribution in [-0.4, -0.2) is 18.9 Å². The molecule has 1 saturated carbocycles. The summed E-state index contributed by atoms with van der Waals surface area (Å²) >= 11 is 0. The van der Waals surface area contributed by atoms with Crippen LogP contribution in [0.25, 0.3) is 0 Å². The van der Waals surface area contributed by atoms with Crippen LogP contribution in [0.5, 0.6) is 5.75 Å². The molecule has 28 heavy (non-hydrogen) atoms. The third-order valence-corrected chi connectivity index (χ3v) is 5.47. The number of aryl methyl sites for hydroxylation is 2. The summed E-state index contributed by atoms with van der Waals surface area (Å²) in [6.45, 7) is 4.04. The maximum atomic E-state index is 12.6. The largest absolute Gasteiger partial charge is 0.497 e. The van der Waals surface area contributed by atoms with E-state index in [0.717, 1.165) is 48.4 Å². The lowest BCUT2D eigenvalue weighted by atomic mass is 9.81. The zero-order valence-electron chi connectivity index (χ0n) is 16.7. The maximum Gasteiger partial charge on any atom is 0.227 e. The van der Waals surface area contributed by atoms with E-state index >= 15 is 0 Å². The van der Waals surface area contributed by atoms with Crippen LogP contribution in [0.4, 0.5) is 11.4 Å². The Kier molecular flexibility index (Phi) is 6.34. The van der Waals surface area contributed by atoms with Gasteiger partial charge in [0.2, 0.25) is 11.8 Å². The first-order chi connectivity index (χ1) is 13.5. The van der Waals surface area contributed by atoms with Crippen molar-refractivity contribution in [3.05, 3.63) is 53.6 Å². The second-order valence-corrected chi connectivity index (χ2v) is 7.57. The second-order valence-electron chi connectivity index (χ2n) is 7.57. The molecule has 1 fully saturated rings. The van der Waals surface area contributed by atoms with E-state index in [1.54, 1.807) is 7.11 Å². The molecule has 0 spiro atoms. The molecule has 2 aromatic rings. The van der Waals surface area contributed by atoms with Crippen LogP contribution in [0.15, 0.2) is 42.5 Å². The first-order valence-corrected chi connectivity index (χ1v) is 9.79.